The Bertz CT molecular complexity index is 75.3. The van der Waals surface area contributed by atoms with Gasteiger partial charge in [0.15, 0.2) is 0 Å². The Hall–Kier alpha value is 2.05. The quantitative estimate of drug-likeness (QED) is 0.425. The van der Waals surface area contributed by atoms with Crippen molar-refractivity contribution in [2.45, 2.75) is 0 Å². The van der Waals surface area contributed by atoms with Gasteiger partial charge in [-0.15, -0.1) is 0 Å². The van der Waals surface area contributed by atoms with Crippen LogP contribution in [0.15, 0.2) is 0 Å². The summed E-state index contributed by atoms with van der Waals surface area (Å²) in [5, 5.41) is 0. The molecule has 0 aliphatic heterocycles. The summed E-state index contributed by atoms with van der Waals surface area (Å²) in [7, 11) is 4.02. The molecule has 0 N–H and O–H groups in total. The average Bonchev–Trinajstić information content (AvgIpc) is 1.65. The first-order valence-electron chi connectivity index (χ1n) is 1.93. The molecule has 0 unspecified atom stereocenters. The van der Waals surface area contributed by atoms with E-state index in [0.29, 0.717) is 5.60 Å². The first-order chi connectivity index (χ1) is 3.18. The second-order valence-electron chi connectivity index (χ2n) is 1.36. The Labute approximate surface area is 84.0 Å². The number of rotatable bonds is 1. The van der Waals surface area contributed by atoms with Crippen LogP contribution in [-0.4, -0.2) is 73.9 Å². The standard InChI is InChI=1S/C3H7NSSe.K/c1-4(2)3(5)6;/h1-2H3,(H,5,6);/q;+1/p-1. The van der Waals surface area contributed by atoms with Gasteiger partial charge in [0.05, 0.1) is 0 Å². The van der Waals surface area contributed by atoms with Crippen molar-refractivity contribution in [2.75, 3.05) is 14.1 Å². The number of hydrogen-bond acceptors (Lipinski definition) is 1. The Morgan fingerprint density at radius 1 is 1.71 bits per heavy atom. The van der Waals surface area contributed by atoms with Crippen molar-refractivity contribution in [2.24, 2.45) is 0 Å². The molecule has 0 atom stereocenters. The fourth-order valence-corrected chi connectivity index (χ4v) is 3.91. The Morgan fingerprint density at radius 2 is 2.14 bits per heavy atom. The predicted octanol–water partition coefficient (Wildman–Crippen LogP) is -0.379. The van der Waals surface area contributed by atoms with Crippen LogP contribution in [0.3, 0.4) is 0 Å². The Morgan fingerprint density at radius 3 is 2.14 bits per heavy atom. The van der Waals surface area contributed by atoms with Crippen LogP contribution < -0.4 is 0 Å². The maximum atomic E-state index is 4.98. The van der Waals surface area contributed by atoms with Gasteiger partial charge in [0.1, 0.15) is 0 Å². The summed E-state index contributed by atoms with van der Waals surface area (Å²) < 4.78 is 1.16. The summed E-state index contributed by atoms with van der Waals surface area (Å²) in [6.07, 6.45) is 0. The molecule has 1 nitrogen and oxygen atoms in total. The van der Waals surface area contributed by atoms with E-state index < -0.39 is 0 Å². The monoisotopic (exact) mass is 207 g/mol. The van der Waals surface area contributed by atoms with Gasteiger partial charge >= 0.3 is 86.1 Å². The summed E-state index contributed by atoms with van der Waals surface area (Å²) in [5.74, 6) is 0. The van der Waals surface area contributed by atoms with Crippen LogP contribution in [0.25, 0.3) is 0 Å². The van der Waals surface area contributed by atoms with E-state index in [1.165, 1.54) is 0 Å². The first-order valence-corrected chi connectivity index (χ1v) is 11.5. The summed E-state index contributed by atoms with van der Waals surface area (Å²) in [5.41, 5.74) is 0.700. The molecule has 0 fully saturated rings. The number of hydrogen-bond donors (Lipinski definition) is 0. The van der Waals surface area contributed by atoms with Crippen molar-refractivity contribution in [1.82, 2.24) is 4.90 Å². The third-order valence-electron chi connectivity index (χ3n) is 0.540. The third-order valence-corrected chi connectivity index (χ3v) is 8.81. The van der Waals surface area contributed by atoms with Crippen molar-refractivity contribution in [3.05, 3.63) is 0 Å². The first kappa shape index (κ1) is 9.05. The van der Waals surface area contributed by atoms with E-state index in [9.17, 15) is 0 Å². The normalized spacial score (nSPS) is 8.57. The Kier molecular flexibility index (Phi) is 6.31. The molecule has 0 rings (SSSR count). The summed E-state index contributed by atoms with van der Waals surface area (Å²) in [6.45, 7) is 0. The fraction of sp³-hybridized carbons (Fsp3) is 0.667. The molecule has 0 aromatic heterocycles. The number of thiocarbonyl (C=S) groups is 1. The zero-order valence-electron chi connectivity index (χ0n) is 4.76. The van der Waals surface area contributed by atoms with Crippen LogP contribution in [-0.2, 0) is 0 Å². The van der Waals surface area contributed by atoms with E-state index in [-0.39, 0.29) is 0 Å². The van der Waals surface area contributed by atoms with Crippen LogP contribution in [0, 0.1) is 0 Å². The molecule has 0 bridgehead atoms. The minimum absolute atomic E-state index is 0.700. The second-order valence-corrected chi connectivity index (χ2v) is 7.31. The molecule has 0 spiro atoms. The van der Waals surface area contributed by atoms with Gasteiger partial charge in [-0.1, -0.05) is 0 Å². The van der Waals surface area contributed by atoms with Gasteiger partial charge in [-0.25, -0.2) is 0 Å². The summed E-state index contributed by atoms with van der Waals surface area (Å²) in [6, 6.07) is 0. The molecular weight excluding hydrogens is 200 g/mol. The molecule has 0 aliphatic carbocycles. The molecule has 0 heterocycles. The molecule has 7 heavy (non-hydrogen) atoms. The molecule has 0 aliphatic rings. The van der Waals surface area contributed by atoms with Gasteiger partial charge in [0.2, 0.25) is 0 Å². The van der Waals surface area contributed by atoms with Crippen LogP contribution >= 0.6 is 12.2 Å². The fourth-order valence-electron chi connectivity index (χ4n) is 0.183. The van der Waals surface area contributed by atoms with E-state index in [1.54, 1.807) is 0 Å². The maximum absolute atomic E-state index is 4.98. The van der Waals surface area contributed by atoms with Crippen molar-refractivity contribution < 1.29 is 0 Å². The molecular formula is C3H6KNSSe. The molecule has 0 amide bonds. The van der Waals surface area contributed by atoms with E-state index in [1.807, 2.05) is 19.0 Å². The Balaban J connectivity index is 3.35. The summed E-state index contributed by atoms with van der Waals surface area (Å²) >= 11 is 5.93. The zero-order valence-corrected chi connectivity index (χ0v) is 10.4. The van der Waals surface area contributed by atoms with Gasteiger partial charge in [0.25, 0.3) is 0 Å². The van der Waals surface area contributed by atoms with Crippen molar-refractivity contribution in [3.63, 3.8) is 0 Å². The predicted molar refractivity (Wildman–Crippen MR) is 37.8 cm³/mol. The molecule has 0 aromatic carbocycles. The molecule has 4 heteroatoms. The minimum atomic E-state index is 0.700. The molecule has 0 aromatic rings. The van der Waals surface area contributed by atoms with Gasteiger partial charge in [0, 0.05) is 0 Å². The van der Waals surface area contributed by atoms with Crippen molar-refractivity contribution in [3.8, 4) is 0 Å². The topological polar surface area (TPSA) is 3.24 Å². The van der Waals surface area contributed by atoms with Gasteiger partial charge in [-0.2, -0.15) is 0 Å². The van der Waals surface area contributed by atoms with Crippen LogP contribution in [0.5, 0.6) is 0 Å². The molecule has 0 saturated heterocycles. The average molecular weight is 206 g/mol. The number of nitrogens with zero attached hydrogens (tertiary/aromatic N) is 1. The second kappa shape index (κ2) is 4.88. The molecule has 0 saturated carbocycles. The molecule has 36 valence electrons. The van der Waals surface area contributed by atoms with Crippen molar-refractivity contribution in [1.29, 1.82) is 0 Å². The zero-order chi connectivity index (χ0) is 5.86. The van der Waals surface area contributed by atoms with Gasteiger partial charge in [-0.05, 0) is 0 Å². The SMILES string of the molecule is CN(C)C(=S)[Se][K]. The van der Waals surface area contributed by atoms with E-state index in [2.05, 4.69) is 0 Å². The van der Waals surface area contributed by atoms with E-state index in [0.717, 1.165) is 49.3 Å². The summed E-state index contributed by atoms with van der Waals surface area (Å²) in [4.78, 5) is 2.03. The van der Waals surface area contributed by atoms with E-state index >= 15 is 0 Å². The van der Waals surface area contributed by atoms with Crippen molar-refractivity contribution >= 4 is 67.1 Å². The van der Waals surface area contributed by atoms with E-state index in [4.69, 9.17) is 12.2 Å². The molecule has 0 radical (unpaired) electrons. The van der Waals surface area contributed by atoms with Crippen LogP contribution in [0.2, 0.25) is 0 Å². The third kappa shape index (κ3) is 4.54. The van der Waals surface area contributed by atoms with Crippen LogP contribution in [0.1, 0.15) is 0 Å². The van der Waals surface area contributed by atoms with Crippen LogP contribution in [0.4, 0.5) is 0 Å². The van der Waals surface area contributed by atoms with Gasteiger partial charge in [-0.3, -0.25) is 0 Å². The van der Waals surface area contributed by atoms with Gasteiger partial charge < -0.3 is 0 Å².